The van der Waals surface area contributed by atoms with Gasteiger partial charge < -0.3 is 9.53 Å². The molecular weight excluding hydrogens is 195 g/mol. The van der Waals surface area contributed by atoms with Crippen molar-refractivity contribution >= 4 is 6.29 Å². The Bertz CT molecular complexity index is 284. The number of carbonyl (C=O) groups is 1. The van der Waals surface area contributed by atoms with Gasteiger partial charge in [0.05, 0.1) is 13.0 Å². The average Bonchev–Trinajstić information content (AvgIpc) is 2.23. The highest BCUT2D eigenvalue weighted by molar-refractivity contribution is 5.56. The molecule has 2 nitrogen and oxygen atoms in total. The summed E-state index contributed by atoms with van der Waals surface area (Å²) in [7, 11) is 0. The van der Waals surface area contributed by atoms with Crippen molar-refractivity contribution in [3.8, 4) is 12.3 Å². The van der Waals surface area contributed by atoms with Gasteiger partial charge >= 0.3 is 0 Å². The number of carbonyl (C=O) groups excluding carboxylic acids is 1. The quantitative estimate of drug-likeness (QED) is 0.279. The number of hydrogen-bond donors (Lipinski definition) is 0. The summed E-state index contributed by atoms with van der Waals surface area (Å²) in [6.45, 7) is 2.88. The van der Waals surface area contributed by atoms with Crippen LogP contribution in [0.2, 0.25) is 0 Å². The molecule has 15 heavy (non-hydrogen) atoms. The molecule has 0 fully saturated rings. The monoisotopic (exact) mass is 210 g/mol. The van der Waals surface area contributed by atoms with E-state index in [0.717, 1.165) is 0 Å². The van der Waals surface area contributed by atoms with E-state index >= 15 is 0 Å². The minimum atomic E-state index is -0.433. The Morgan fingerprint density at radius 3 is 2.87 bits per heavy atom. The van der Waals surface area contributed by atoms with Crippen LogP contribution in [0, 0.1) is 12.3 Å². The van der Waals surface area contributed by atoms with E-state index in [2.05, 4.69) is 5.92 Å². The molecule has 0 radical (unpaired) electrons. The molecule has 0 spiro atoms. The summed E-state index contributed by atoms with van der Waals surface area (Å²) >= 11 is 0. The third kappa shape index (κ3) is 6.64. The summed E-state index contributed by atoms with van der Waals surface area (Å²) in [5.74, 6) is 1.76. The second-order valence-electron chi connectivity index (χ2n) is 2.74. The van der Waals surface area contributed by atoms with Crippen LogP contribution in [0.25, 0.3) is 0 Å². The van der Waals surface area contributed by atoms with Crippen LogP contribution < -0.4 is 0 Å². The molecule has 0 heterocycles. The Morgan fingerprint density at radius 1 is 1.60 bits per heavy atom. The van der Waals surface area contributed by atoms with Crippen molar-refractivity contribution in [1.29, 1.82) is 0 Å². The molecule has 0 aliphatic heterocycles. The molecular formula is C12H15FO2. The molecule has 0 bridgehead atoms. The van der Waals surface area contributed by atoms with Crippen LogP contribution in [0.15, 0.2) is 23.6 Å². The van der Waals surface area contributed by atoms with Gasteiger partial charge in [0.1, 0.15) is 12.1 Å². The topological polar surface area (TPSA) is 26.3 Å². The van der Waals surface area contributed by atoms with Crippen molar-refractivity contribution in [2.24, 2.45) is 0 Å². The lowest BCUT2D eigenvalue weighted by molar-refractivity contribution is -0.107. The Hall–Kier alpha value is -1.40. The molecule has 0 rings (SSSR count). The van der Waals surface area contributed by atoms with E-state index in [1.54, 1.807) is 6.08 Å². The zero-order valence-electron chi connectivity index (χ0n) is 8.83. The van der Waals surface area contributed by atoms with E-state index in [1.165, 1.54) is 6.08 Å². The summed E-state index contributed by atoms with van der Waals surface area (Å²) < 4.78 is 18.3. The van der Waals surface area contributed by atoms with Gasteiger partial charge in [0, 0.05) is 13.0 Å². The summed E-state index contributed by atoms with van der Waals surface area (Å²) in [6.07, 6.45) is 8.79. The summed E-state index contributed by atoms with van der Waals surface area (Å²) in [5, 5.41) is 0. The van der Waals surface area contributed by atoms with Crippen molar-refractivity contribution in [3.63, 3.8) is 0 Å². The highest BCUT2D eigenvalue weighted by atomic mass is 19.1. The predicted molar refractivity (Wildman–Crippen MR) is 57.9 cm³/mol. The van der Waals surface area contributed by atoms with Gasteiger partial charge in [-0.1, -0.05) is 18.1 Å². The second kappa shape index (κ2) is 9.17. The highest BCUT2D eigenvalue weighted by Crippen LogP contribution is 2.14. The molecule has 0 amide bonds. The van der Waals surface area contributed by atoms with Crippen LogP contribution in [0.4, 0.5) is 4.39 Å². The summed E-state index contributed by atoms with van der Waals surface area (Å²) in [5.41, 5.74) is 0.322. The number of hydrogen-bond acceptors (Lipinski definition) is 2. The fourth-order valence-electron chi connectivity index (χ4n) is 0.938. The van der Waals surface area contributed by atoms with E-state index in [1.807, 2.05) is 6.92 Å². The molecule has 0 aliphatic rings. The first-order chi connectivity index (χ1) is 7.26. The highest BCUT2D eigenvalue weighted by Gasteiger charge is 2.01. The van der Waals surface area contributed by atoms with Crippen molar-refractivity contribution in [3.05, 3.63) is 23.6 Å². The van der Waals surface area contributed by atoms with Crippen LogP contribution in [0.1, 0.15) is 19.8 Å². The zero-order chi connectivity index (χ0) is 11.5. The lowest BCUT2D eigenvalue weighted by atomic mass is 10.1. The maximum atomic E-state index is 13.3. The Balaban J connectivity index is 4.39. The molecule has 0 N–H and O–H groups in total. The Labute approximate surface area is 89.8 Å². The molecule has 0 aromatic carbocycles. The van der Waals surface area contributed by atoms with Crippen LogP contribution in [-0.4, -0.2) is 19.5 Å². The summed E-state index contributed by atoms with van der Waals surface area (Å²) in [4.78, 5) is 10.3. The standard InChI is InChI=1S/C12H15FO2/c1-3-6-12(13)11(8-9-14)7-5-10-15-4-2/h1,5,7,9H,4,6,8,10H2,2H3/b7-5-,12-11-. The van der Waals surface area contributed by atoms with Gasteiger partial charge in [0.2, 0.25) is 0 Å². The minimum Gasteiger partial charge on any atom is -0.378 e. The number of halogens is 1. The average molecular weight is 210 g/mol. The van der Waals surface area contributed by atoms with Gasteiger partial charge in [-0.15, -0.1) is 6.42 Å². The van der Waals surface area contributed by atoms with Crippen LogP contribution in [0.3, 0.4) is 0 Å². The summed E-state index contributed by atoms with van der Waals surface area (Å²) in [6, 6.07) is 0. The number of rotatable bonds is 7. The molecule has 82 valence electrons. The van der Waals surface area contributed by atoms with Crippen molar-refractivity contribution in [2.75, 3.05) is 13.2 Å². The smallest absolute Gasteiger partial charge is 0.124 e. The Kier molecular flexibility index (Phi) is 8.31. The molecule has 0 aromatic rings. The number of allylic oxidation sites excluding steroid dienone is 3. The van der Waals surface area contributed by atoms with E-state index in [-0.39, 0.29) is 12.8 Å². The molecule has 0 aromatic heterocycles. The number of ether oxygens (including phenoxy) is 1. The minimum absolute atomic E-state index is 0.0378. The van der Waals surface area contributed by atoms with Gasteiger partial charge in [-0.3, -0.25) is 0 Å². The molecule has 0 aliphatic carbocycles. The fraction of sp³-hybridized carbons (Fsp3) is 0.417. The lowest BCUT2D eigenvalue weighted by Gasteiger charge is -1.99. The lowest BCUT2D eigenvalue weighted by Crippen LogP contribution is -1.90. The van der Waals surface area contributed by atoms with E-state index in [0.29, 0.717) is 25.1 Å². The number of terminal acetylenes is 1. The van der Waals surface area contributed by atoms with Gasteiger partial charge in [0.25, 0.3) is 0 Å². The molecule has 0 saturated carbocycles. The maximum absolute atomic E-state index is 13.3. The SMILES string of the molecule is C#CC/C(F)=C(\C=C/COCC)CC=O. The van der Waals surface area contributed by atoms with Crippen molar-refractivity contribution < 1.29 is 13.9 Å². The molecule has 0 saturated heterocycles. The zero-order valence-corrected chi connectivity index (χ0v) is 8.83. The van der Waals surface area contributed by atoms with Crippen molar-refractivity contribution in [1.82, 2.24) is 0 Å². The maximum Gasteiger partial charge on any atom is 0.124 e. The van der Waals surface area contributed by atoms with Crippen molar-refractivity contribution in [2.45, 2.75) is 19.8 Å². The van der Waals surface area contributed by atoms with E-state index in [9.17, 15) is 9.18 Å². The van der Waals surface area contributed by atoms with Gasteiger partial charge in [-0.25, -0.2) is 4.39 Å². The van der Waals surface area contributed by atoms with Gasteiger partial charge in [0.15, 0.2) is 0 Å². The fourth-order valence-corrected chi connectivity index (χ4v) is 0.938. The first kappa shape index (κ1) is 13.6. The van der Waals surface area contributed by atoms with Crippen LogP contribution in [0.5, 0.6) is 0 Å². The first-order valence-electron chi connectivity index (χ1n) is 4.75. The van der Waals surface area contributed by atoms with Gasteiger partial charge in [-0.05, 0) is 12.5 Å². The van der Waals surface area contributed by atoms with Crippen LogP contribution in [-0.2, 0) is 9.53 Å². The largest absolute Gasteiger partial charge is 0.378 e. The predicted octanol–water partition coefficient (Wildman–Crippen LogP) is 2.42. The first-order valence-corrected chi connectivity index (χ1v) is 4.75. The van der Waals surface area contributed by atoms with E-state index in [4.69, 9.17) is 11.2 Å². The van der Waals surface area contributed by atoms with Crippen LogP contribution >= 0.6 is 0 Å². The second-order valence-corrected chi connectivity index (χ2v) is 2.74. The Morgan fingerprint density at radius 2 is 2.33 bits per heavy atom. The van der Waals surface area contributed by atoms with E-state index < -0.39 is 5.83 Å². The third-order valence-corrected chi connectivity index (χ3v) is 1.65. The molecule has 3 heteroatoms. The normalized spacial score (nSPS) is 12.3. The van der Waals surface area contributed by atoms with Gasteiger partial charge in [-0.2, -0.15) is 0 Å². The third-order valence-electron chi connectivity index (χ3n) is 1.65. The number of aldehydes is 1. The molecule has 0 atom stereocenters. The molecule has 0 unspecified atom stereocenters.